The molecule has 2 N–H and O–H groups in total. The fourth-order valence-electron chi connectivity index (χ4n) is 2.29. The average Bonchev–Trinajstić information content (AvgIpc) is 2.50. The maximum Gasteiger partial charge on any atom is 0.169 e. The third kappa shape index (κ3) is 3.76. The molecule has 0 atom stereocenters. The maximum absolute atomic E-state index is 6.06. The number of hydrogen-bond acceptors (Lipinski definition) is 3. The van der Waals surface area contributed by atoms with Crippen molar-refractivity contribution in [1.82, 2.24) is 0 Å². The Morgan fingerprint density at radius 2 is 1.76 bits per heavy atom. The van der Waals surface area contributed by atoms with Crippen LogP contribution in [0.3, 0.4) is 0 Å². The molecule has 0 aliphatic carbocycles. The Labute approximate surface area is 126 Å². The molecule has 2 rings (SSSR count). The van der Waals surface area contributed by atoms with Gasteiger partial charge in [0.05, 0.1) is 7.11 Å². The molecule has 2 aromatic carbocycles. The highest BCUT2D eigenvalue weighted by molar-refractivity contribution is 5.47. The standard InChI is InChI=1S/C18H23NO2/c1-4-14-6-8-17(18(12-14)20-3)21-16-7-5-13(2)11-15(16)9-10-19/h5-8,11-12H,4,9-10,19H2,1-3H3. The summed E-state index contributed by atoms with van der Waals surface area (Å²) >= 11 is 0. The predicted octanol–water partition coefficient (Wildman–Crippen LogP) is 3.86. The molecule has 0 heterocycles. The number of ether oxygens (including phenoxy) is 2. The van der Waals surface area contributed by atoms with E-state index in [4.69, 9.17) is 15.2 Å². The lowest BCUT2D eigenvalue weighted by Crippen LogP contribution is -2.04. The van der Waals surface area contributed by atoms with Gasteiger partial charge in [-0.05, 0) is 55.6 Å². The Kier molecular flexibility index (Phi) is 5.23. The van der Waals surface area contributed by atoms with Gasteiger partial charge in [-0.15, -0.1) is 0 Å². The molecule has 21 heavy (non-hydrogen) atoms. The van der Waals surface area contributed by atoms with Crippen LogP contribution in [0, 0.1) is 6.92 Å². The highest BCUT2D eigenvalue weighted by Crippen LogP contribution is 2.34. The van der Waals surface area contributed by atoms with Crippen molar-refractivity contribution in [2.45, 2.75) is 26.7 Å². The van der Waals surface area contributed by atoms with Crippen LogP contribution in [0.2, 0.25) is 0 Å². The summed E-state index contributed by atoms with van der Waals surface area (Å²) in [6.07, 6.45) is 1.77. The van der Waals surface area contributed by atoms with Crippen LogP contribution in [0.5, 0.6) is 17.2 Å². The molecule has 0 bridgehead atoms. The number of aryl methyl sites for hydroxylation is 2. The Morgan fingerprint density at radius 3 is 2.43 bits per heavy atom. The SMILES string of the molecule is CCc1ccc(Oc2ccc(C)cc2CCN)c(OC)c1. The molecule has 0 aromatic heterocycles. The van der Waals surface area contributed by atoms with Gasteiger partial charge in [0.15, 0.2) is 11.5 Å². The largest absolute Gasteiger partial charge is 0.493 e. The van der Waals surface area contributed by atoms with E-state index in [2.05, 4.69) is 26.0 Å². The van der Waals surface area contributed by atoms with E-state index in [9.17, 15) is 0 Å². The van der Waals surface area contributed by atoms with Gasteiger partial charge in [-0.3, -0.25) is 0 Å². The minimum absolute atomic E-state index is 0.603. The smallest absolute Gasteiger partial charge is 0.169 e. The first kappa shape index (κ1) is 15.4. The summed E-state index contributed by atoms with van der Waals surface area (Å²) in [6, 6.07) is 12.2. The van der Waals surface area contributed by atoms with Crippen LogP contribution in [0.1, 0.15) is 23.6 Å². The molecule has 2 aromatic rings. The molecular weight excluding hydrogens is 262 g/mol. The van der Waals surface area contributed by atoms with Gasteiger partial charge in [0, 0.05) is 0 Å². The van der Waals surface area contributed by atoms with Crippen molar-refractivity contribution < 1.29 is 9.47 Å². The summed E-state index contributed by atoms with van der Waals surface area (Å²) in [4.78, 5) is 0. The Bertz CT molecular complexity index is 608. The Balaban J connectivity index is 2.33. The third-order valence-corrected chi connectivity index (χ3v) is 3.49. The van der Waals surface area contributed by atoms with E-state index in [0.717, 1.165) is 35.7 Å². The van der Waals surface area contributed by atoms with Gasteiger partial charge >= 0.3 is 0 Å². The molecular formula is C18H23NO2. The molecule has 0 aliphatic heterocycles. The fourth-order valence-corrected chi connectivity index (χ4v) is 2.29. The molecule has 0 unspecified atom stereocenters. The van der Waals surface area contributed by atoms with E-state index in [1.807, 2.05) is 24.3 Å². The average molecular weight is 285 g/mol. The van der Waals surface area contributed by atoms with Gasteiger partial charge < -0.3 is 15.2 Å². The first-order chi connectivity index (χ1) is 10.2. The van der Waals surface area contributed by atoms with Crippen molar-refractivity contribution in [3.8, 4) is 17.2 Å². The maximum atomic E-state index is 6.06. The number of methoxy groups -OCH3 is 1. The molecule has 0 fully saturated rings. The van der Waals surface area contributed by atoms with Crippen LogP contribution >= 0.6 is 0 Å². The summed E-state index contributed by atoms with van der Waals surface area (Å²) in [5.41, 5.74) is 9.25. The van der Waals surface area contributed by atoms with E-state index in [0.29, 0.717) is 6.54 Å². The van der Waals surface area contributed by atoms with Crippen LogP contribution in [-0.4, -0.2) is 13.7 Å². The van der Waals surface area contributed by atoms with Crippen LogP contribution in [0.25, 0.3) is 0 Å². The van der Waals surface area contributed by atoms with E-state index in [1.165, 1.54) is 11.1 Å². The zero-order valence-corrected chi connectivity index (χ0v) is 13.0. The first-order valence-corrected chi connectivity index (χ1v) is 7.32. The first-order valence-electron chi connectivity index (χ1n) is 7.32. The number of rotatable bonds is 6. The zero-order chi connectivity index (χ0) is 15.2. The predicted molar refractivity (Wildman–Crippen MR) is 86.4 cm³/mol. The number of nitrogens with two attached hydrogens (primary N) is 1. The lowest BCUT2D eigenvalue weighted by atomic mass is 10.1. The normalized spacial score (nSPS) is 10.5. The summed E-state index contributed by atoms with van der Waals surface area (Å²) in [7, 11) is 1.66. The minimum atomic E-state index is 0.603. The lowest BCUT2D eigenvalue weighted by Gasteiger charge is -2.14. The van der Waals surface area contributed by atoms with Gasteiger partial charge in [0.2, 0.25) is 0 Å². The molecule has 0 saturated carbocycles. The summed E-state index contributed by atoms with van der Waals surface area (Å²) in [6.45, 7) is 4.79. The number of hydrogen-bond donors (Lipinski definition) is 1. The van der Waals surface area contributed by atoms with E-state index in [-0.39, 0.29) is 0 Å². The summed E-state index contributed by atoms with van der Waals surface area (Å²) in [5.74, 6) is 2.33. The van der Waals surface area contributed by atoms with E-state index >= 15 is 0 Å². The molecule has 0 saturated heterocycles. The monoisotopic (exact) mass is 285 g/mol. The lowest BCUT2D eigenvalue weighted by molar-refractivity contribution is 0.377. The second-order valence-electron chi connectivity index (χ2n) is 5.09. The van der Waals surface area contributed by atoms with Gasteiger partial charge in [-0.25, -0.2) is 0 Å². The second-order valence-corrected chi connectivity index (χ2v) is 5.09. The third-order valence-electron chi connectivity index (χ3n) is 3.49. The molecule has 0 spiro atoms. The van der Waals surface area contributed by atoms with Crippen molar-refractivity contribution in [2.75, 3.05) is 13.7 Å². The molecule has 0 aliphatic rings. The fraction of sp³-hybridized carbons (Fsp3) is 0.333. The summed E-state index contributed by atoms with van der Waals surface area (Å²) < 4.78 is 11.5. The highest BCUT2D eigenvalue weighted by Gasteiger charge is 2.10. The Hall–Kier alpha value is -2.00. The van der Waals surface area contributed by atoms with E-state index in [1.54, 1.807) is 7.11 Å². The molecule has 3 heteroatoms. The minimum Gasteiger partial charge on any atom is -0.493 e. The van der Waals surface area contributed by atoms with Gasteiger partial charge in [-0.1, -0.05) is 30.7 Å². The zero-order valence-electron chi connectivity index (χ0n) is 13.0. The van der Waals surface area contributed by atoms with Crippen molar-refractivity contribution >= 4 is 0 Å². The van der Waals surface area contributed by atoms with Crippen molar-refractivity contribution in [3.05, 3.63) is 53.1 Å². The van der Waals surface area contributed by atoms with E-state index < -0.39 is 0 Å². The molecule has 0 radical (unpaired) electrons. The molecule has 3 nitrogen and oxygen atoms in total. The van der Waals surface area contributed by atoms with Crippen LogP contribution in [0.15, 0.2) is 36.4 Å². The van der Waals surface area contributed by atoms with Crippen LogP contribution < -0.4 is 15.2 Å². The number of benzene rings is 2. The van der Waals surface area contributed by atoms with Crippen molar-refractivity contribution in [1.29, 1.82) is 0 Å². The van der Waals surface area contributed by atoms with Crippen molar-refractivity contribution in [2.24, 2.45) is 5.73 Å². The second kappa shape index (κ2) is 7.14. The quantitative estimate of drug-likeness (QED) is 0.876. The van der Waals surface area contributed by atoms with Gasteiger partial charge in [-0.2, -0.15) is 0 Å². The van der Waals surface area contributed by atoms with Gasteiger partial charge in [0.1, 0.15) is 5.75 Å². The topological polar surface area (TPSA) is 44.5 Å². The van der Waals surface area contributed by atoms with Crippen LogP contribution in [-0.2, 0) is 12.8 Å². The highest BCUT2D eigenvalue weighted by atomic mass is 16.5. The Morgan fingerprint density at radius 1 is 1.00 bits per heavy atom. The van der Waals surface area contributed by atoms with Gasteiger partial charge in [0.25, 0.3) is 0 Å². The summed E-state index contributed by atoms with van der Waals surface area (Å²) in [5, 5.41) is 0. The molecule has 112 valence electrons. The molecule has 0 amide bonds. The van der Waals surface area contributed by atoms with Crippen molar-refractivity contribution in [3.63, 3.8) is 0 Å². The van der Waals surface area contributed by atoms with Crippen LogP contribution in [0.4, 0.5) is 0 Å².